The maximum atomic E-state index is 5.98. The normalized spacial score (nSPS) is 17.5. The Balaban J connectivity index is 1.98. The molecule has 1 atom stereocenters. The van der Waals surface area contributed by atoms with Gasteiger partial charge in [-0.2, -0.15) is 0 Å². The zero-order valence-electron chi connectivity index (χ0n) is 9.62. The zero-order chi connectivity index (χ0) is 11.4. The van der Waals surface area contributed by atoms with Gasteiger partial charge in [-0.3, -0.25) is 0 Å². The Hall–Kier alpha value is -1.46. The van der Waals surface area contributed by atoms with Crippen molar-refractivity contribution in [3.8, 4) is 17.6 Å². The summed E-state index contributed by atoms with van der Waals surface area (Å²) in [5, 5.41) is 0. The number of rotatable bonds is 3. The van der Waals surface area contributed by atoms with E-state index in [9.17, 15) is 0 Å². The van der Waals surface area contributed by atoms with Crippen LogP contribution in [-0.4, -0.2) is 6.61 Å². The third-order valence-electron chi connectivity index (χ3n) is 2.91. The van der Waals surface area contributed by atoms with Crippen LogP contribution in [0.4, 0.5) is 0 Å². The van der Waals surface area contributed by atoms with Gasteiger partial charge in [-0.05, 0) is 43.0 Å². The predicted octanol–water partition coefficient (Wildman–Crippen LogP) is 2.42. The minimum absolute atomic E-state index is 0.218. The standard InChI is InChI=1S/C14H17NO/c1-2-3-4-9-16-12-6-7-13-11(10-12)5-8-14(13)15/h6-7,10,14H,4-5,8-9,15H2,1H3/t14-/m1/s1. The lowest BCUT2D eigenvalue weighted by Crippen LogP contribution is -2.05. The van der Waals surface area contributed by atoms with Crippen LogP contribution in [0.1, 0.15) is 36.9 Å². The van der Waals surface area contributed by atoms with E-state index in [2.05, 4.69) is 24.0 Å². The van der Waals surface area contributed by atoms with Gasteiger partial charge in [0.1, 0.15) is 5.75 Å². The summed E-state index contributed by atoms with van der Waals surface area (Å²) in [6.45, 7) is 2.50. The molecule has 0 saturated heterocycles. The minimum Gasteiger partial charge on any atom is -0.493 e. The molecule has 0 aromatic heterocycles. The Labute approximate surface area is 96.8 Å². The fourth-order valence-corrected chi connectivity index (χ4v) is 2.06. The van der Waals surface area contributed by atoms with E-state index < -0.39 is 0 Å². The van der Waals surface area contributed by atoms with E-state index in [0.717, 1.165) is 25.0 Å². The average molecular weight is 215 g/mol. The van der Waals surface area contributed by atoms with E-state index >= 15 is 0 Å². The summed E-state index contributed by atoms with van der Waals surface area (Å²) in [4.78, 5) is 0. The quantitative estimate of drug-likeness (QED) is 0.621. The SMILES string of the molecule is CC#CCCOc1ccc2c(c1)CC[C@H]2N. The fourth-order valence-electron chi connectivity index (χ4n) is 2.06. The van der Waals surface area contributed by atoms with Gasteiger partial charge in [-0.1, -0.05) is 6.07 Å². The molecule has 0 bridgehead atoms. The number of fused-ring (bicyclic) bond motifs is 1. The molecular formula is C14H17NO. The molecule has 84 valence electrons. The van der Waals surface area contributed by atoms with E-state index in [1.165, 1.54) is 11.1 Å². The fraction of sp³-hybridized carbons (Fsp3) is 0.429. The number of hydrogen-bond donors (Lipinski definition) is 1. The van der Waals surface area contributed by atoms with Gasteiger partial charge in [-0.25, -0.2) is 0 Å². The Morgan fingerprint density at radius 1 is 1.50 bits per heavy atom. The van der Waals surface area contributed by atoms with Crippen LogP contribution in [0.5, 0.6) is 5.75 Å². The van der Waals surface area contributed by atoms with Gasteiger partial charge < -0.3 is 10.5 Å². The van der Waals surface area contributed by atoms with Crippen molar-refractivity contribution in [3.05, 3.63) is 29.3 Å². The molecule has 1 aliphatic rings. The van der Waals surface area contributed by atoms with Crippen LogP contribution in [0.15, 0.2) is 18.2 Å². The second-order valence-electron chi connectivity index (χ2n) is 4.03. The highest BCUT2D eigenvalue weighted by molar-refractivity contribution is 5.40. The number of hydrogen-bond acceptors (Lipinski definition) is 2. The number of benzene rings is 1. The van der Waals surface area contributed by atoms with Crippen LogP contribution >= 0.6 is 0 Å². The van der Waals surface area contributed by atoms with Crippen molar-refractivity contribution in [1.29, 1.82) is 0 Å². The second kappa shape index (κ2) is 5.05. The van der Waals surface area contributed by atoms with E-state index in [4.69, 9.17) is 10.5 Å². The van der Waals surface area contributed by atoms with Gasteiger partial charge in [0.05, 0.1) is 6.61 Å². The summed E-state index contributed by atoms with van der Waals surface area (Å²) in [5.74, 6) is 6.77. The topological polar surface area (TPSA) is 35.2 Å². The monoisotopic (exact) mass is 215 g/mol. The van der Waals surface area contributed by atoms with Gasteiger partial charge >= 0.3 is 0 Å². The molecule has 1 aromatic carbocycles. The first-order valence-corrected chi connectivity index (χ1v) is 5.72. The lowest BCUT2D eigenvalue weighted by molar-refractivity contribution is 0.327. The lowest BCUT2D eigenvalue weighted by atomic mass is 10.1. The maximum absolute atomic E-state index is 5.98. The summed E-state index contributed by atoms with van der Waals surface area (Å²) >= 11 is 0. The summed E-state index contributed by atoms with van der Waals surface area (Å²) < 4.78 is 5.63. The van der Waals surface area contributed by atoms with Crippen molar-refractivity contribution >= 4 is 0 Å². The molecular weight excluding hydrogens is 198 g/mol. The third-order valence-corrected chi connectivity index (χ3v) is 2.91. The molecule has 0 radical (unpaired) electrons. The largest absolute Gasteiger partial charge is 0.493 e. The van der Waals surface area contributed by atoms with Crippen LogP contribution in [0.2, 0.25) is 0 Å². The highest BCUT2D eigenvalue weighted by Crippen LogP contribution is 2.31. The smallest absolute Gasteiger partial charge is 0.119 e. The molecule has 0 aliphatic heterocycles. The number of nitrogens with two attached hydrogens (primary N) is 1. The molecule has 1 aromatic rings. The van der Waals surface area contributed by atoms with Crippen molar-refractivity contribution in [3.63, 3.8) is 0 Å². The summed E-state index contributed by atoms with van der Waals surface area (Å²) in [6, 6.07) is 6.42. The maximum Gasteiger partial charge on any atom is 0.119 e. The molecule has 16 heavy (non-hydrogen) atoms. The van der Waals surface area contributed by atoms with E-state index in [0.29, 0.717) is 6.61 Å². The zero-order valence-corrected chi connectivity index (χ0v) is 9.62. The van der Waals surface area contributed by atoms with E-state index in [1.807, 2.05) is 13.0 Å². The first kappa shape index (κ1) is 11.0. The molecule has 0 spiro atoms. The second-order valence-corrected chi connectivity index (χ2v) is 4.03. The van der Waals surface area contributed by atoms with Crippen LogP contribution in [0.25, 0.3) is 0 Å². The summed E-state index contributed by atoms with van der Waals surface area (Å²) in [5.41, 5.74) is 8.59. The Morgan fingerprint density at radius 2 is 2.38 bits per heavy atom. The van der Waals surface area contributed by atoms with Gasteiger partial charge in [0.25, 0.3) is 0 Å². The lowest BCUT2D eigenvalue weighted by Gasteiger charge is -2.08. The van der Waals surface area contributed by atoms with Crippen molar-refractivity contribution < 1.29 is 4.74 Å². The molecule has 1 aliphatic carbocycles. The Morgan fingerprint density at radius 3 is 3.19 bits per heavy atom. The molecule has 0 amide bonds. The van der Waals surface area contributed by atoms with Gasteiger partial charge in [0.2, 0.25) is 0 Å². The first-order chi connectivity index (χ1) is 7.81. The molecule has 2 nitrogen and oxygen atoms in total. The molecule has 2 rings (SSSR count). The highest BCUT2D eigenvalue weighted by Gasteiger charge is 2.18. The summed E-state index contributed by atoms with van der Waals surface area (Å²) in [6.07, 6.45) is 2.91. The first-order valence-electron chi connectivity index (χ1n) is 5.72. The van der Waals surface area contributed by atoms with Crippen LogP contribution in [0.3, 0.4) is 0 Å². The van der Waals surface area contributed by atoms with Crippen LogP contribution < -0.4 is 10.5 Å². The van der Waals surface area contributed by atoms with E-state index in [-0.39, 0.29) is 6.04 Å². The van der Waals surface area contributed by atoms with Gasteiger partial charge in [-0.15, -0.1) is 11.8 Å². The molecule has 0 unspecified atom stereocenters. The molecule has 0 heterocycles. The minimum atomic E-state index is 0.218. The van der Waals surface area contributed by atoms with Crippen molar-refractivity contribution in [2.45, 2.75) is 32.2 Å². The van der Waals surface area contributed by atoms with E-state index in [1.54, 1.807) is 0 Å². The number of ether oxygens (including phenoxy) is 1. The van der Waals surface area contributed by atoms with Crippen molar-refractivity contribution in [1.82, 2.24) is 0 Å². The summed E-state index contributed by atoms with van der Waals surface area (Å²) in [7, 11) is 0. The molecule has 2 heteroatoms. The third kappa shape index (κ3) is 2.37. The Kier molecular flexibility index (Phi) is 3.48. The van der Waals surface area contributed by atoms with Crippen LogP contribution in [-0.2, 0) is 6.42 Å². The van der Waals surface area contributed by atoms with Gasteiger partial charge in [0.15, 0.2) is 0 Å². The highest BCUT2D eigenvalue weighted by atomic mass is 16.5. The molecule has 0 fully saturated rings. The molecule has 2 N–H and O–H groups in total. The Bertz CT molecular complexity index is 428. The predicted molar refractivity (Wildman–Crippen MR) is 65.3 cm³/mol. The van der Waals surface area contributed by atoms with Crippen molar-refractivity contribution in [2.24, 2.45) is 5.73 Å². The van der Waals surface area contributed by atoms with Crippen LogP contribution in [0, 0.1) is 11.8 Å². The number of aryl methyl sites for hydroxylation is 1. The van der Waals surface area contributed by atoms with Crippen molar-refractivity contribution in [2.75, 3.05) is 6.61 Å². The molecule has 0 saturated carbocycles. The average Bonchev–Trinajstić information content (AvgIpc) is 2.66. The van der Waals surface area contributed by atoms with Gasteiger partial charge in [0, 0.05) is 12.5 Å².